The van der Waals surface area contributed by atoms with Gasteiger partial charge in [-0.3, -0.25) is 9.48 Å². The Morgan fingerprint density at radius 3 is 2.52 bits per heavy atom. The smallest absolute Gasteiger partial charge is 0.258 e. The van der Waals surface area contributed by atoms with Crippen LogP contribution in [0.25, 0.3) is 11.1 Å². The summed E-state index contributed by atoms with van der Waals surface area (Å²) in [7, 11) is 1.78. The zero-order valence-corrected chi connectivity index (χ0v) is 16.6. The number of anilines is 1. The number of rotatable bonds is 3. The third kappa shape index (κ3) is 3.73. The minimum absolute atomic E-state index is 0.315. The molecule has 1 heterocycles. The number of nitrogens with zero attached hydrogens (tertiary/aromatic N) is 2. The van der Waals surface area contributed by atoms with Gasteiger partial charge < -0.3 is 5.32 Å². The van der Waals surface area contributed by atoms with Crippen LogP contribution in [0.1, 0.15) is 16.1 Å². The molecule has 3 aromatic rings. The van der Waals surface area contributed by atoms with Gasteiger partial charge in [0.25, 0.3) is 5.91 Å². The molecule has 25 heavy (non-hydrogen) atoms. The third-order valence-electron chi connectivity index (χ3n) is 3.76. The highest BCUT2D eigenvalue weighted by Crippen LogP contribution is 2.32. The van der Waals surface area contributed by atoms with E-state index < -0.39 is 0 Å². The van der Waals surface area contributed by atoms with Gasteiger partial charge in [0.05, 0.1) is 16.3 Å². The molecule has 0 bridgehead atoms. The maximum Gasteiger partial charge on any atom is 0.258 e. The standard InChI is InChI=1S/C18H14BrCl2N3O/c1-10-16(11-3-5-12(19)6-4-11)17(24(2)23-10)22-18(25)14-9-13(20)7-8-15(14)21/h3-9H,1-2H3,(H,22,25). The lowest BCUT2D eigenvalue weighted by Crippen LogP contribution is -2.15. The summed E-state index contributed by atoms with van der Waals surface area (Å²) in [5.41, 5.74) is 2.95. The number of hydrogen-bond acceptors (Lipinski definition) is 2. The Hall–Kier alpha value is -1.82. The highest BCUT2D eigenvalue weighted by atomic mass is 79.9. The Morgan fingerprint density at radius 1 is 1.16 bits per heavy atom. The van der Waals surface area contributed by atoms with E-state index in [9.17, 15) is 4.79 Å². The predicted molar refractivity (Wildman–Crippen MR) is 105 cm³/mol. The molecule has 0 saturated carbocycles. The van der Waals surface area contributed by atoms with E-state index in [-0.39, 0.29) is 5.91 Å². The second kappa shape index (κ2) is 7.20. The van der Waals surface area contributed by atoms with E-state index in [4.69, 9.17) is 23.2 Å². The van der Waals surface area contributed by atoms with Crippen LogP contribution in [0.2, 0.25) is 10.0 Å². The first kappa shape index (κ1) is 18.0. The fourth-order valence-corrected chi connectivity index (χ4v) is 3.25. The molecule has 0 aliphatic carbocycles. The molecule has 128 valence electrons. The number of hydrogen-bond donors (Lipinski definition) is 1. The van der Waals surface area contributed by atoms with E-state index in [0.717, 1.165) is 21.3 Å². The highest BCUT2D eigenvalue weighted by molar-refractivity contribution is 9.10. The third-order valence-corrected chi connectivity index (χ3v) is 4.85. The molecule has 1 N–H and O–H groups in total. The van der Waals surface area contributed by atoms with Gasteiger partial charge in [-0.15, -0.1) is 0 Å². The molecule has 4 nitrogen and oxygen atoms in total. The number of aryl methyl sites for hydroxylation is 2. The Kier molecular flexibility index (Phi) is 5.18. The summed E-state index contributed by atoms with van der Waals surface area (Å²) in [6, 6.07) is 12.6. The summed E-state index contributed by atoms with van der Waals surface area (Å²) in [4.78, 5) is 12.7. The molecule has 7 heteroatoms. The van der Waals surface area contributed by atoms with Crippen molar-refractivity contribution in [3.63, 3.8) is 0 Å². The summed E-state index contributed by atoms with van der Waals surface area (Å²) in [6.07, 6.45) is 0. The summed E-state index contributed by atoms with van der Waals surface area (Å²) in [6.45, 7) is 1.90. The monoisotopic (exact) mass is 437 g/mol. The molecular weight excluding hydrogens is 425 g/mol. The van der Waals surface area contributed by atoms with Crippen molar-refractivity contribution in [3.8, 4) is 11.1 Å². The van der Waals surface area contributed by atoms with Crippen molar-refractivity contribution in [2.24, 2.45) is 7.05 Å². The number of carbonyl (C=O) groups excluding carboxylic acids is 1. The normalized spacial score (nSPS) is 10.8. The van der Waals surface area contributed by atoms with Gasteiger partial charge in [0.15, 0.2) is 0 Å². The van der Waals surface area contributed by atoms with Crippen LogP contribution in [0.3, 0.4) is 0 Å². The van der Waals surface area contributed by atoms with Crippen molar-refractivity contribution in [1.29, 1.82) is 0 Å². The molecule has 0 fully saturated rings. The van der Waals surface area contributed by atoms with Crippen LogP contribution in [0, 0.1) is 6.92 Å². The Labute approximate surface area is 163 Å². The van der Waals surface area contributed by atoms with Crippen LogP contribution in [0.4, 0.5) is 5.82 Å². The SMILES string of the molecule is Cc1nn(C)c(NC(=O)c2cc(Cl)ccc2Cl)c1-c1ccc(Br)cc1. The van der Waals surface area contributed by atoms with Crippen LogP contribution in [-0.4, -0.2) is 15.7 Å². The van der Waals surface area contributed by atoms with E-state index in [1.54, 1.807) is 29.9 Å². The van der Waals surface area contributed by atoms with Crippen molar-refractivity contribution in [2.45, 2.75) is 6.92 Å². The summed E-state index contributed by atoms with van der Waals surface area (Å²) in [5, 5.41) is 8.12. The van der Waals surface area contributed by atoms with Crippen molar-refractivity contribution in [3.05, 3.63) is 68.2 Å². The maximum absolute atomic E-state index is 12.7. The first-order chi connectivity index (χ1) is 11.9. The Morgan fingerprint density at radius 2 is 1.84 bits per heavy atom. The molecule has 1 aromatic heterocycles. The first-order valence-corrected chi connectivity index (χ1v) is 8.97. The van der Waals surface area contributed by atoms with Gasteiger partial charge in [-0.2, -0.15) is 5.10 Å². The molecular formula is C18H14BrCl2N3O. The topological polar surface area (TPSA) is 46.9 Å². The molecule has 2 aromatic carbocycles. The van der Waals surface area contributed by atoms with Gasteiger partial charge in [-0.25, -0.2) is 0 Å². The van der Waals surface area contributed by atoms with Gasteiger partial charge in [-0.05, 0) is 42.8 Å². The number of halogens is 3. The van der Waals surface area contributed by atoms with E-state index in [0.29, 0.717) is 21.4 Å². The average Bonchev–Trinajstić information content (AvgIpc) is 2.84. The summed E-state index contributed by atoms with van der Waals surface area (Å²) in [5.74, 6) is 0.259. The van der Waals surface area contributed by atoms with Gasteiger partial charge in [0.1, 0.15) is 5.82 Å². The minimum atomic E-state index is -0.339. The largest absolute Gasteiger partial charge is 0.306 e. The molecule has 0 atom stereocenters. The van der Waals surface area contributed by atoms with Gasteiger partial charge >= 0.3 is 0 Å². The van der Waals surface area contributed by atoms with Crippen LogP contribution in [0.15, 0.2) is 46.9 Å². The molecule has 0 saturated heterocycles. The lowest BCUT2D eigenvalue weighted by molar-refractivity contribution is 0.102. The highest BCUT2D eigenvalue weighted by Gasteiger charge is 2.19. The lowest BCUT2D eigenvalue weighted by atomic mass is 10.1. The van der Waals surface area contributed by atoms with Crippen molar-refractivity contribution >= 4 is 50.9 Å². The maximum atomic E-state index is 12.7. The van der Waals surface area contributed by atoms with E-state index >= 15 is 0 Å². The number of amides is 1. The van der Waals surface area contributed by atoms with Crippen LogP contribution in [-0.2, 0) is 7.05 Å². The molecule has 1 amide bonds. The van der Waals surface area contributed by atoms with Crippen molar-refractivity contribution < 1.29 is 4.79 Å². The van der Waals surface area contributed by atoms with Crippen molar-refractivity contribution in [2.75, 3.05) is 5.32 Å². The Balaban J connectivity index is 2.02. The average molecular weight is 439 g/mol. The lowest BCUT2D eigenvalue weighted by Gasteiger charge is -2.10. The fourth-order valence-electron chi connectivity index (χ4n) is 2.61. The van der Waals surface area contributed by atoms with Crippen molar-refractivity contribution in [1.82, 2.24) is 9.78 Å². The number of carbonyl (C=O) groups is 1. The molecule has 0 spiro atoms. The molecule has 0 unspecified atom stereocenters. The van der Waals surface area contributed by atoms with Gasteiger partial charge in [-0.1, -0.05) is 51.3 Å². The number of benzene rings is 2. The quantitative estimate of drug-likeness (QED) is 0.568. The fraction of sp³-hybridized carbons (Fsp3) is 0.111. The molecule has 0 aliphatic rings. The zero-order valence-electron chi connectivity index (χ0n) is 13.5. The van der Waals surface area contributed by atoms with E-state index in [1.165, 1.54) is 0 Å². The minimum Gasteiger partial charge on any atom is -0.306 e. The van der Waals surface area contributed by atoms with Crippen LogP contribution < -0.4 is 5.32 Å². The summed E-state index contributed by atoms with van der Waals surface area (Å²) < 4.78 is 2.62. The molecule has 0 radical (unpaired) electrons. The van der Waals surface area contributed by atoms with Gasteiger partial charge in [0, 0.05) is 22.1 Å². The molecule has 0 aliphatic heterocycles. The Bertz CT molecular complexity index is 952. The second-order valence-corrected chi connectivity index (χ2v) is 7.28. The van der Waals surface area contributed by atoms with Crippen LogP contribution >= 0.6 is 39.1 Å². The van der Waals surface area contributed by atoms with Gasteiger partial charge in [0.2, 0.25) is 0 Å². The number of aromatic nitrogens is 2. The van der Waals surface area contributed by atoms with Crippen LogP contribution in [0.5, 0.6) is 0 Å². The second-order valence-electron chi connectivity index (χ2n) is 5.52. The van der Waals surface area contributed by atoms with E-state index in [2.05, 4.69) is 26.3 Å². The predicted octanol–water partition coefficient (Wildman–Crippen LogP) is 5.72. The molecule has 3 rings (SSSR count). The zero-order chi connectivity index (χ0) is 18.1. The summed E-state index contributed by atoms with van der Waals surface area (Å²) >= 11 is 15.5. The van der Waals surface area contributed by atoms with E-state index in [1.807, 2.05) is 31.2 Å². The first-order valence-electron chi connectivity index (χ1n) is 7.42. The number of nitrogens with one attached hydrogen (secondary N) is 1.